The van der Waals surface area contributed by atoms with Crippen LogP contribution in [-0.4, -0.2) is 15.2 Å². The van der Waals surface area contributed by atoms with Crippen LogP contribution in [0, 0.1) is 0 Å². The minimum atomic E-state index is -0.0152. The molecule has 1 fully saturated rings. The molecule has 0 bridgehead atoms. The Bertz CT molecular complexity index is 301. The number of aromatic amines is 1. The normalized spacial score (nSPS) is 20.4. The summed E-state index contributed by atoms with van der Waals surface area (Å²) in [5.74, 6) is 2.41. The highest BCUT2D eigenvalue weighted by atomic mass is 15.2. The first-order valence-electron chi connectivity index (χ1n) is 5.99. The van der Waals surface area contributed by atoms with Gasteiger partial charge in [0.25, 0.3) is 0 Å². The van der Waals surface area contributed by atoms with Crippen LogP contribution in [0.3, 0.4) is 0 Å². The predicted molar refractivity (Wildman–Crippen MR) is 59.4 cm³/mol. The molecule has 2 rings (SSSR count). The van der Waals surface area contributed by atoms with Gasteiger partial charge >= 0.3 is 0 Å². The van der Waals surface area contributed by atoms with Crippen LogP contribution in [0.4, 0.5) is 0 Å². The van der Waals surface area contributed by atoms with Gasteiger partial charge in [0.15, 0.2) is 5.82 Å². The molecule has 84 valence electrons. The van der Waals surface area contributed by atoms with Gasteiger partial charge in [-0.2, -0.15) is 5.10 Å². The average Bonchev–Trinajstić information content (AvgIpc) is 2.78. The van der Waals surface area contributed by atoms with E-state index in [9.17, 15) is 0 Å². The molecule has 1 heterocycles. The summed E-state index contributed by atoms with van der Waals surface area (Å²) in [6.07, 6.45) is 7.39. The molecule has 0 amide bonds. The van der Waals surface area contributed by atoms with Gasteiger partial charge in [-0.3, -0.25) is 5.10 Å². The summed E-state index contributed by atoms with van der Waals surface area (Å²) in [4.78, 5) is 4.51. The van der Waals surface area contributed by atoms with Crippen LogP contribution in [0.2, 0.25) is 0 Å². The quantitative estimate of drug-likeness (QED) is 0.800. The molecule has 15 heavy (non-hydrogen) atoms. The van der Waals surface area contributed by atoms with Crippen LogP contribution >= 0.6 is 0 Å². The van der Waals surface area contributed by atoms with Gasteiger partial charge in [0.2, 0.25) is 0 Å². The minimum absolute atomic E-state index is 0.0152. The largest absolute Gasteiger partial charge is 0.321 e. The lowest BCUT2D eigenvalue weighted by molar-refractivity contribution is 0.429. The molecule has 1 aromatic heterocycles. The van der Waals surface area contributed by atoms with E-state index in [2.05, 4.69) is 22.1 Å². The van der Waals surface area contributed by atoms with Crippen LogP contribution in [0.1, 0.15) is 69.1 Å². The van der Waals surface area contributed by atoms with Crippen LogP contribution in [0.15, 0.2) is 0 Å². The Morgan fingerprint density at radius 3 is 2.80 bits per heavy atom. The maximum absolute atomic E-state index is 5.89. The molecule has 1 aliphatic rings. The first-order chi connectivity index (χ1) is 7.31. The summed E-state index contributed by atoms with van der Waals surface area (Å²) < 4.78 is 0. The standard InChI is InChI=1S/C11H20N4/c1-2-9(12)11-13-10(14-15-11)8-6-4-3-5-7-8/h8-9H,2-7,12H2,1H3,(H,13,14,15)/t9-/m1/s1. The lowest BCUT2D eigenvalue weighted by atomic mass is 9.89. The topological polar surface area (TPSA) is 67.6 Å². The molecule has 0 radical (unpaired) electrons. The smallest absolute Gasteiger partial charge is 0.167 e. The third-order valence-electron chi connectivity index (χ3n) is 3.28. The zero-order chi connectivity index (χ0) is 10.7. The maximum atomic E-state index is 5.89. The molecular weight excluding hydrogens is 188 g/mol. The van der Waals surface area contributed by atoms with E-state index < -0.39 is 0 Å². The van der Waals surface area contributed by atoms with Crippen molar-refractivity contribution in [3.63, 3.8) is 0 Å². The van der Waals surface area contributed by atoms with E-state index in [-0.39, 0.29) is 6.04 Å². The summed E-state index contributed by atoms with van der Waals surface area (Å²) in [6, 6.07) is -0.0152. The number of nitrogens with one attached hydrogen (secondary N) is 1. The second-order valence-corrected chi connectivity index (χ2v) is 4.43. The van der Waals surface area contributed by atoms with Crippen LogP contribution < -0.4 is 5.73 Å². The molecule has 0 unspecified atom stereocenters. The molecule has 4 heteroatoms. The first-order valence-corrected chi connectivity index (χ1v) is 5.99. The molecule has 0 aromatic carbocycles. The van der Waals surface area contributed by atoms with Gasteiger partial charge in [0.1, 0.15) is 5.82 Å². The van der Waals surface area contributed by atoms with E-state index >= 15 is 0 Å². The summed E-state index contributed by atoms with van der Waals surface area (Å²) in [5.41, 5.74) is 5.89. The van der Waals surface area contributed by atoms with Crippen LogP contribution in [0.5, 0.6) is 0 Å². The van der Waals surface area contributed by atoms with E-state index in [1.807, 2.05) is 0 Å². The monoisotopic (exact) mass is 208 g/mol. The molecule has 0 saturated heterocycles. The molecule has 4 nitrogen and oxygen atoms in total. The van der Waals surface area contributed by atoms with E-state index in [1.165, 1.54) is 32.1 Å². The molecule has 3 N–H and O–H groups in total. The Morgan fingerprint density at radius 2 is 2.13 bits per heavy atom. The fraction of sp³-hybridized carbons (Fsp3) is 0.818. The minimum Gasteiger partial charge on any atom is -0.321 e. The van der Waals surface area contributed by atoms with Gasteiger partial charge < -0.3 is 5.73 Å². The van der Waals surface area contributed by atoms with Crippen LogP contribution in [0.25, 0.3) is 0 Å². The Hall–Kier alpha value is -0.900. The summed E-state index contributed by atoms with van der Waals surface area (Å²) >= 11 is 0. The molecule has 1 saturated carbocycles. The molecule has 1 atom stereocenters. The molecular formula is C11H20N4. The number of hydrogen-bond acceptors (Lipinski definition) is 3. The zero-order valence-corrected chi connectivity index (χ0v) is 9.37. The van der Waals surface area contributed by atoms with Crippen molar-refractivity contribution >= 4 is 0 Å². The Labute approximate surface area is 90.7 Å². The summed E-state index contributed by atoms with van der Waals surface area (Å²) in [7, 11) is 0. The van der Waals surface area contributed by atoms with Crippen molar-refractivity contribution in [1.82, 2.24) is 15.2 Å². The van der Waals surface area contributed by atoms with Crippen LogP contribution in [-0.2, 0) is 0 Å². The fourth-order valence-corrected chi connectivity index (χ4v) is 2.19. The number of aromatic nitrogens is 3. The predicted octanol–water partition coefficient (Wildman–Crippen LogP) is 2.26. The third-order valence-corrected chi connectivity index (χ3v) is 3.28. The van der Waals surface area contributed by atoms with Crippen molar-refractivity contribution in [2.24, 2.45) is 5.73 Å². The van der Waals surface area contributed by atoms with Gasteiger partial charge in [-0.05, 0) is 19.3 Å². The van der Waals surface area contributed by atoms with E-state index in [4.69, 9.17) is 5.73 Å². The van der Waals surface area contributed by atoms with Gasteiger partial charge in [-0.15, -0.1) is 0 Å². The SMILES string of the molecule is CC[C@@H](N)c1n[nH]c(C2CCCCC2)n1. The van der Waals surface area contributed by atoms with Crippen molar-refractivity contribution in [2.45, 2.75) is 57.4 Å². The van der Waals surface area contributed by atoms with Crippen molar-refractivity contribution < 1.29 is 0 Å². The number of nitrogens with two attached hydrogens (primary N) is 1. The summed E-state index contributed by atoms with van der Waals surface area (Å²) in [6.45, 7) is 2.06. The van der Waals surface area contributed by atoms with Gasteiger partial charge in [-0.1, -0.05) is 26.2 Å². The maximum Gasteiger partial charge on any atom is 0.167 e. The Morgan fingerprint density at radius 1 is 1.40 bits per heavy atom. The molecule has 1 aliphatic carbocycles. The van der Waals surface area contributed by atoms with Crippen molar-refractivity contribution in [2.75, 3.05) is 0 Å². The summed E-state index contributed by atoms with van der Waals surface area (Å²) in [5, 5.41) is 7.25. The van der Waals surface area contributed by atoms with Crippen molar-refractivity contribution in [3.8, 4) is 0 Å². The van der Waals surface area contributed by atoms with Gasteiger partial charge in [0.05, 0.1) is 6.04 Å². The van der Waals surface area contributed by atoms with E-state index in [0.29, 0.717) is 5.92 Å². The molecule has 1 aromatic rings. The average molecular weight is 208 g/mol. The highest BCUT2D eigenvalue weighted by Crippen LogP contribution is 2.30. The number of hydrogen-bond donors (Lipinski definition) is 2. The Balaban J connectivity index is 2.05. The highest BCUT2D eigenvalue weighted by Gasteiger charge is 2.20. The van der Waals surface area contributed by atoms with Crippen molar-refractivity contribution in [3.05, 3.63) is 11.6 Å². The number of nitrogens with zero attached hydrogens (tertiary/aromatic N) is 2. The third kappa shape index (κ3) is 2.37. The van der Waals surface area contributed by atoms with Gasteiger partial charge in [-0.25, -0.2) is 4.98 Å². The Kier molecular flexibility index (Phi) is 3.36. The fourth-order valence-electron chi connectivity index (χ4n) is 2.19. The zero-order valence-electron chi connectivity index (χ0n) is 9.37. The molecule has 0 aliphatic heterocycles. The number of rotatable bonds is 3. The van der Waals surface area contributed by atoms with E-state index in [1.54, 1.807) is 0 Å². The second kappa shape index (κ2) is 4.75. The highest BCUT2D eigenvalue weighted by molar-refractivity contribution is 5.01. The first kappa shape index (κ1) is 10.6. The van der Waals surface area contributed by atoms with E-state index in [0.717, 1.165) is 18.1 Å². The van der Waals surface area contributed by atoms with Gasteiger partial charge in [0, 0.05) is 5.92 Å². The number of H-pyrrole nitrogens is 1. The molecule has 0 spiro atoms. The second-order valence-electron chi connectivity index (χ2n) is 4.43. The lowest BCUT2D eigenvalue weighted by Crippen LogP contribution is -2.11. The lowest BCUT2D eigenvalue weighted by Gasteiger charge is -2.18. The van der Waals surface area contributed by atoms with Crippen molar-refractivity contribution in [1.29, 1.82) is 0 Å².